The summed E-state index contributed by atoms with van der Waals surface area (Å²) < 4.78 is 5.02. The molecule has 0 amide bonds. The Bertz CT molecular complexity index is 1150. The number of nitro groups is 1. The van der Waals surface area contributed by atoms with Crippen LogP contribution in [0.25, 0.3) is 10.8 Å². The Balaban J connectivity index is 2.04. The molecule has 6 heteroatoms. The number of ketones is 1. The van der Waals surface area contributed by atoms with Gasteiger partial charge in [-0.3, -0.25) is 19.7 Å². The Morgan fingerprint density at radius 3 is 2.38 bits per heavy atom. The zero-order valence-electron chi connectivity index (χ0n) is 16.0. The molecule has 146 valence electrons. The molecule has 29 heavy (non-hydrogen) atoms. The molecule has 0 heterocycles. The molecule has 0 aliphatic heterocycles. The second-order valence-electron chi connectivity index (χ2n) is 7.41. The molecule has 0 fully saturated rings. The van der Waals surface area contributed by atoms with Crippen molar-refractivity contribution in [3.8, 4) is 0 Å². The van der Waals surface area contributed by atoms with E-state index >= 15 is 0 Å². The normalized spacial score (nSPS) is 23.4. The average molecular weight is 389 g/mol. The number of hydrogen-bond donors (Lipinski definition) is 0. The molecule has 0 N–H and O–H groups in total. The third-order valence-corrected chi connectivity index (χ3v) is 5.91. The van der Waals surface area contributed by atoms with Gasteiger partial charge in [0.25, 0.3) is 5.54 Å². The second kappa shape index (κ2) is 6.81. The summed E-state index contributed by atoms with van der Waals surface area (Å²) in [4.78, 5) is 37.8. The van der Waals surface area contributed by atoms with Crippen molar-refractivity contribution in [2.75, 3.05) is 7.11 Å². The van der Waals surface area contributed by atoms with Gasteiger partial charge >= 0.3 is 5.97 Å². The predicted molar refractivity (Wildman–Crippen MR) is 108 cm³/mol. The first-order chi connectivity index (χ1) is 13.9. The molecule has 0 saturated carbocycles. The van der Waals surface area contributed by atoms with Gasteiger partial charge in [-0.1, -0.05) is 66.7 Å². The van der Waals surface area contributed by atoms with Gasteiger partial charge in [0.15, 0.2) is 0 Å². The molecule has 0 radical (unpaired) electrons. The highest BCUT2D eigenvalue weighted by Crippen LogP contribution is 2.50. The van der Waals surface area contributed by atoms with E-state index in [1.165, 1.54) is 20.1 Å². The van der Waals surface area contributed by atoms with Crippen LogP contribution >= 0.6 is 0 Å². The third kappa shape index (κ3) is 2.71. The fourth-order valence-corrected chi connectivity index (χ4v) is 4.40. The SMILES string of the molecule is COC(=O)[C@H]1c2ccccc2C(=O)[C@@](C)([N+](=O)[O-])[C@@H]1c1ccc2ccccc2c1. The summed E-state index contributed by atoms with van der Waals surface area (Å²) in [6.07, 6.45) is 0. The van der Waals surface area contributed by atoms with E-state index in [9.17, 15) is 19.7 Å². The van der Waals surface area contributed by atoms with E-state index < -0.39 is 34.1 Å². The number of Topliss-reactive ketones (excluding diaryl/α,β-unsaturated/α-hetero) is 1. The van der Waals surface area contributed by atoms with Crippen molar-refractivity contribution >= 4 is 22.5 Å². The van der Waals surface area contributed by atoms with Crippen LogP contribution in [-0.4, -0.2) is 29.3 Å². The van der Waals surface area contributed by atoms with Crippen LogP contribution in [0.3, 0.4) is 0 Å². The van der Waals surface area contributed by atoms with Crippen LogP contribution in [0, 0.1) is 10.1 Å². The first-order valence-corrected chi connectivity index (χ1v) is 9.24. The van der Waals surface area contributed by atoms with Crippen molar-refractivity contribution in [2.24, 2.45) is 0 Å². The molecular formula is C23H19NO5. The summed E-state index contributed by atoms with van der Waals surface area (Å²) in [6.45, 7) is 1.31. The van der Waals surface area contributed by atoms with Gasteiger partial charge in [-0.25, -0.2) is 0 Å². The van der Waals surface area contributed by atoms with Crippen molar-refractivity contribution in [2.45, 2.75) is 24.3 Å². The molecule has 0 bridgehead atoms. The molecule has 0 aromatic heterocycles. The maximum Gasteiger partial charge on any atom is 0.314 e. The number of carbonyl (C=O) groups is 2. The van der Waals surface area contributed by atoms with Crippen LogP contribution in [0.5, 0.6) is 0 Å². The minimum Gasteiger partial charge on any atom is -0.469 e. The summed E-state index contributed by atoms with van der Waals surface area (Å²) in [7, 11) is 1.25. The quantitative estimate of drug-likeness (QED) is 0.382. The van der Waals surface area contributed by atoms with E-state index in [4.69, 9.17) is 4.74 Å². The summed E-state index contributed by atoms with van der Waals surface area (Å²) in [6, 6.07) is 19.6. The monoisotopic (exact) mass is 389 g/mol. The van der Waals surface area contributed by atoms with Gasteiger partial charge in [-0.05, 0) is 21.9 Å². The number of fused-ring (bicyclic) bond motifs is 2. The van der Waals surface area contributed by atoms with Gasteiger partial charge in [0.05, 0.1) is 18.9 Å². The second-order valence-corrected chi connectivity index (χ2v) is 7.41. The van der Waals surface area contributed by atoms with E-state index in [1.807, 2.05) is 36.4 Å². The molecule has 0 saturated heterocycles. The third-order valence-electron chi connectivity index (χ3n) is 5.91. The van der Waals surface area contributed by atoms with Crippen molar-refractivity contribution < 1.29 is 19.2 Å². The predicted octanol–water partition coefficient (Wildman–Crippen LogP) is 4.11. The lowest BCUT2D eigenvalue weighted by Gasteiger charge is -2.38. The van der Waals surface area contributed by atoms with E-state index in [-0.39, 0.29) is 5.56 Å². The number of rotatable bonds is 3. The van der Waals surface area contributed by atoms with Crippen LogP contribution < -0.4 is 0 Å². The highest BCUT2D eigenvalue weighted by Gasteiger charge is 2.62. The van der Waals surface area contributed by atoms with Crippen LogP contribution in [0.15, 0.2) is 66.7 Å². The largest absolute Gasteiger partial charge is 0.469 e. The molecular weight excluding hydrogens is 370 g/mol. The minimum atomic E-state index is -2.00. The maximum atomic E-state index is 13.3. The Hall–Kier alpha value is -3.54. The average Bonchev–Trinajstić information content (AvgIpc) is 2.75. The van der Waals surface area contributed by atoms with Gasteiger partial charge in [-0.15, -0.1) is 0 Å². The van der Waals surface area contributed by atoms with Crippen LogP contribution in [0.1, 0.15) is 40.2 Å². The number of hydrogen-bond acceptors (Lipinski definition) is 5. The van der Waals surface area contributed by atoms with Gasteiger partial charge in [0.1, 0.15) is 0 Å². The van der Waals surface area contributed by atoms with Crippen molar-refractivity contribution in [1.82, 2.24) is 0 Å². The lowest BCUT2D eigenvalue weighted by Crippen LogP contribution is -2.55. The molecule has 4 rings (SSSR count). The Kier molecular flexibility index (Phi) is 4.42. The number of esters is 1. The van der Waals surface area contributed by atoms with Crippen molar-refractivity contribution in [3.05, 3.63) is 93.5 Å². The van der Waals surface area contributed by atoms with Gasteiger partial charge < -0.3 is 4.74 Å². The first-order valence-electron chi connectivity index (χ1n) is 9.24. The fraction of sp³-hybridized carbons (Fsp3) is 0.217. The molecule has 1 aliphatic carbocycles. The molecule has 6 nitrogen and oxygen atoms in total. The first kappa shape index (κ1) is 18.8. The molecule has 3 atom stereocenters. The zero-order valence-corrected chi connectivity index (χ0v) is 16.0. The summed E-state index contributed by atoms with van der Waals surface area (Å²) in [5.74, 6) is -3.17. The van der Waals surface area contributed by atoms with E-state index in [2.05, 4.69) is 0 Å². The Morgan fingerprint density at radius 2 is 1.69 bits per heavy atom. The van der Waals surface area contributed by atoms with Gasteiger partial charge in [-0.2, -0.15) is 0 Å². The minimum absolute atomic E-state index is 0.194. The van der Waals surface area contributed by atoms with Crippen LogP contribution in [-0.2, 0) is 9.53 Å². The van der Waals surface area contributed by atoms with Crippen molar-refractivity contribution in [3.63, 3.8) is 0 Å². The lowest BCUT2D eigenvalue weighted by atomic mass is 9.62. The zero-order chi connectivity index (χ0) is 20.8. The molecule has 1 aliphatic rings. The Labute approximate surface area is 167 Å². The number of ether oxygens (including phenoxy) is 1. The standard InChI is InChI=1S/C23H19NO5/c1-23(24(27)28)20(16-12-11-14-7-3-4-8-15(14)13-16)19(22(26)29-2)17-9-5-6-10-18(17)21(23)25/h3-13,19-20H,1-2H3/t19-,20+,23-/m0/s1. The van der Waals surface area contributed by atoms with Crippen LogP contribution in [0.2, 0.25) is 0 Å². The number of benzene rings is 3. The van der Waals surface area contributed by atoms with E-state index in [0.29, 0.717) is 11.1 Å². The van der Waals surface area contributed by atoms with Gasteiger partial charge in [0, 0.05) is 17.4 Å². The molecule has 3 aromatic rings. The number of nitrogens with zero attached hydrogens (tertiary/aromatic N) is 1. The maximum absolute atomic E-state index is 13.3. The lowest BCUT2D eigenvalue weighted by molar-refractivity contribution is -0.551. The molecule has 3 aromatic carbocycles. The summed E-state index contributed by atoms with van der Waals surface area (Å²) in [5, 5.41) is 14.1. The smallest absolute Gasteiger partial charge is 0.314 e. The highest BCUT2D eigenvalue weighted by atomic mass is 16.6. The fourth-order valence-electron chi connectivity index (χ4n) is 4.40. The molecule has 0 unspecified atom stereocenters. The number of methoxy groups -OCH3 is 1. The van der Waals surface area contributed by atoms with Crippen LogP contribution in [0.4, 0.5) is 0 Å². The van der Waals surface area contributed by atoms with Crippen molar-refractivity contribution in [1.29, 1.82) is 0 Å². The molecule has 0 spiro atoms. The van der Waals surface area contributed by atoms with E-state index in [0.717, 1.165) is 10.8 Å². The number of carbonyl (C=O) groups excluding carboxylic acids is 2. The highest BCUT2D eigenvalue weighted by molar-refractivity contribution is 6.08. The Morgan fingerprint density at radius 1 is 1.03 bits per heavy atom. The summed E-state index contributed by atoms with van der Waals surface area (Å²) in [5.41, 5.74) is -0.794. The van der Waals surface area contributed by atoms with E-state index in [1.54, 1.807) is 24.3 Å². The topological polar surface area (TPSA) is 86.5 Å². The summed E-state index contributed by atoms with van der Waals surface area (Å²) >= 11 is 0. The van der Waals surface area contributed by atoms with Gasteiger partial charge in [0.2, 0.25) is 5.78 Å².